The summed E-state index contributed by atoms with van der Waals surface area (Å²) in [4.78, 5) is 6.54. The molecule has 2 N–H and O–H groups in total. The number of hydrogen-bond acceptors (Lipinski definition) is 3. The summed E-state index contributed by atoms with van der Waals surface area (Å²) in [7, 11) is 0. The molecule has 2 heterocycles. The van der Waals surface area contributed by atoms with Gasteiger partial charge in [0.05, 0.1) is 17.2 Å². The molecule has 5 heteroatoms. The highest BCUT2D eigenvalue weighted by Gasteiger charge is 2.26. The lowest BCUT2D eigenvalue weighted by molar-refractivity contribution is 0.294. The fourth-order valence-electron chi connectivity index (χ4n) is 2.11. The van der Waals surface area contributed by atoms with Crippen LogP contribution in [0.15, 0.2) is 18.5 Å². The lowest BCUT2D eigenvalue weighted by Gasteiger charge is -2.23. The zero-order chi connectivity index (χ0) is 11.5. The minimum atomic E-state index is -0.302. The van der Waals surface area contributed by atoms with Gasteiger partial charge in [0.2, 0.25) is 0 Å². The lowest BCUT2D eigenvalue weighted by atomic mass is 10.2. The first kappa shape index (κ1) is 11.4. The minimum Gasteiger partial charge on any atom is -0.392 e. The van der Waals surface area contributed by atoms with E-state index in [4.69, 9.17) is 18.0 Å². The average Bonchev–Trinajstić information content (AvgIpc) is 2.66. The Balaban J connectivity index is 2.06. The molecule has 1 aliphatic rings. The van der Waals surface area contributed by atoms with Gasteiger partial charge < -0.3 is 5.73 Å². The van der Waals surface area contributed by atoms with Crippen molar-refractivity contribution in [2.45, 2.75) is 25.4 Å². The van der Waals surface area contributed by atoms with E-state index in [-0.39, 0.29) is 11.9 Å². The van der Waals surface area contributed by atoms with E-state index in [1.54, 1.807) is 6.20 Å². The molecule has 0 radical (unpaired) electrons. The van der Waals surface area contributed by atoms with Crippen molar-refractivity contribution in [1.29, 1.82) is 0 Å². The van der Waals surface area contributed by atoms with E-state index in [9.17, 15) is 4.39 Å². The molecule has 0 saturated carbocycles. The highest BCUT2D eigenvalue weighted by molar-refractivity contribution is 7.80. The van der Waals surface area contributed by atoms with E-state index in [0.29, 0.717) is 11.5 Å². The molecule has 2 rings (SSSR count). The van der Waals surface area contributed by atoms with E-state index in [0.717, 1.165) is 24.9 Å². The van der Waals surface area contributed by atoms with Crippen LogP contribution in [0.4, 0.5) is 4.39 Å². The van der Waals surface area contributed by atoms with Crippen molar-refractivity contribution >= 4 is 17.2 Å². The number of halogens is 1. The number of hydrogen-bond donors (Lipinski definition) is 1. The van der Waals surface area contributed by atoms with Crippen LogP contribution in [0.5, 0.6) is 0 Å². The van der Waals surface area contributed by atoms with E-state index in [2.05, 4.69) is 9.88 Å². The smallest absolute Gasteiger partial charge is 0.141 e. The second kappa shape index (κ2) is 4.84. The Morgan fingerprint density at radius 3 is 3.12 bits per heavy atom. The normalized spacial score (nSPS) is 21.2. The average molecular weight is 239 g/mol. The van der Waals surface area contributed by atoms with Crippen LogP contribution in [0.1, 0.15) is 18.4 Å². The third-order valence-corrected chi connectivity index (χ3v) is 3.11. The Morgan fingerprint density at radius 2 is 2.44 bits per heavy atom. The zero-order valence-electron chi connectivity index (χ0n) is 8.90. The Kier molecular flexibility index (Phi) is 3.46. The van der Waals surface area contributed by atoms with Crippen LogP contribution in [-0.2, 0) is 6.54 Å². The first-order valence-electron chi connectivity index (χ1n) is 5.29. The number of pyridine rings is 1. The number of likely N-dealkylation sites (tertiary alicyclic amines) is 1. The fraction of sp³-hybridized carbons (Fsp3) is 0.455. The molecule has 0 spiro atoms. The molecule has 0 aliphatic carbocycles. The molecule has 1 unspecified atom stereocenters. The monoisotopic (exact) mass is 239 g/mol. The summed E-state index contributed by atoms with van der Waals surface area (Å²) in [5, 5.41) is 0. The van der Waals surface area contributed by atoms with Gasteiger partial charge in [0, 0.05) is 12.7 Å². The molecule has 1 fully saturated rings. The topological polar surface area (TPSA) is 42.1 Å². The molecule has 1 atom stereocenters. The van der Waals surface area contributed by atoms with E-state index in [1.165, 1.54) is 12.3 Å². The molecule has 86 valence electrons. The molecule has 1 aromatic heterocycles. The number of thiocarbonyl (C=S) groups is 1. The standard InChI is InChI=1S/C11H14FN3S/c12-9-4-8(5-14-6-9)7-15-3-1-2-10(15)11(13)16/h4-6,10H,1-3,7H2,(H2,13,16). The first-order valence-corrected chi connectivity index (χ1v) is 5.70. The van der Waals surface area contributed by atoms with Gasteiger partial charge in [-0.2, -0.15) is 0 Å². The van der Waals surface area contributed by atoms with Gasteiger partial charge in [-0.15, -0.1) is 0 Å². The quantitative estimate of drug-likeness (QED) is 0.811. The second-order valence-corrected chi connectivity index (χ2v) is 4.51. The largest absolute Gasteiger partial charge is 0.392 e. The number of nitrogens with two attached hydrogens (primary N) is 1. The van der Waals surface area contributed by atoms with Gasteiger partial charge in [-0.25, -0.2) is 4.39 Å². The van der Waals surface area contributed by atoms with Crippen molar-refractivity contribution < 1.29 is 4.39 Å². The summed E-state index contributed by atoms with van der Waals surface area (Å²) in [6.07, 6.45) is 4.97. The van der Waals surface area contributed by atoms with Gasteiger partial charge in [-0.05, 0) is 31.0 Å². The van der Waals surface area contributed by atoms with Gasteiger partial charge in [-0.3, -0.25) is 9.88 Å². The van der Waals surface area contributed by atoms with E-state index in [1.807, 2.05) is 0 Å². The van der Waals surface area contributed by atoms with Crippen LogP contribution in [0, 0.1) is 5.82 Å². The van der Waals surface area contributed by atoms with Crippen LogP contribution in [-0.4, -0.2) is 27.5 Å². The Morgan fingerprint density at radius 1 is 1.62 bits per heavy atom. The molecule has 1 aromatic rings. The molecular weight excluding hydrogens is 225 g/mol. The summed E-state index contributed by atoms with van der Waals surface area (Å²) < 4.78 is 13.0. The number of rotatable bonds is 3. The number of aromatic nitrogens is 1. The first-order chi connectivity index (χ1) is 7.66. The maximum atomic E-state index is 13.0. The molecular formula is C11H14FN3S. The Labute approximate surface area is 99.5 Å². The molecule has 1 aliphatic heterocycles. The second-order valence-electron chi connectivity index (χ2n) is 4.04. The highest BCUT2D eigenvalue weighted by atomic mass is 32.1. The van der Waals surface area contributed by atoms with Crippen LogP contribution in [0.25, 0.3) is 0 Å². The van der Waals surface area contributed by atoms with Crippen molar-refractivity contribution in [3.05, 3.63) is 29.8 Å². The Hall–Kier alpha value is -1.07. The molecule has 0 aromatic carbocycles. The fourth-order valence-corrected chi connectivity index (χ4v) is 2.38. The molecule has 16 heavy (non-hydrogen) atoms. The Bertz CT molecular complexity index is 397. The maximum absolute atomic E-state index is 13.0. The predicted molar refractivity (Wildman–Crippen MR) is 64.4 cm³/mol. The molecule has 1 saturated heterocycles. The summed E-state index contributed by atoms with van der Waals surface area (Å²) in [5.41, 5.74) is 6.54. The summed E-state index contributed by atoms with van der Waals surface area (Å²) in [5.74, 6) is -0.302. The minimum absolute atomic E-state index is 0.151. The van der Waals surface area contributed by atoms with E-state index < -0.39 is 0 Å². The van der Waals surface area contributed by atoms with Crippen LogP contribution < -0.4 is 5.73 Å². The van der Waals surface area contributed by atoms with Gasteiger partial charge >= 0.3 is 0 Å². The summed E-state index contributed by atoms with van der Waals surface area (Å²) in [6.45, 7) is 1.62. The van der Waals surface area contributed by atoms with Gasteiger partial charge in [0.25, 0.3) is 0 Å². The summed E-state index contributed by atoms with van der Waals surface area (Å²) >= 11 is 5.02. The van der Waals surface area contributed by atoms with Gasteiger partial charge in [-0.1, -0.05) is 12.2 Å². The van der Waals surface area contributed by atoms with Crippen molar-refractivity contribution in [2.24, 2.45) is 5.73 Å². The number of nitrogens with zero attached hydrogens (tertiary/aromatic N) is 2. The van der Waals surface area contributed by atoms with Crippen molar-refractivity contribution in [3.8, 4) is 0 Å². The van der Waals surface area contributed by atoms with Crippen molar-refractivity contribution in [1.82, 2.24) is 9.88 Å². The highest BCUT2D eigenvalue weighted by Crippen LogP contribution is 2.20. The predicted octanol–water partition coefficient (Wildman–Crippen LogP) is 1.47. The summed E-state index contributed by atoms with van der Waals surface area (Å²) in [6, 6.07) is 1.65. The maximum Gasteiger partial charge on any atom is 0.141 e. The van der Waals surface area contributed by atoms with Crippen LogP contribution >= 0.6 is 12.2 Å². The molecule has 0 amide bonds. The third kappa shape index (κ3) is 2.54. The lowest BCUT2D eigenvalue weighted by Crippen LogP contribution is -2.38. The molecule has 0 bridgehead atoms. The molecule has 3 nitrogen and oxygen atoms in total. The van der Waals surface area contributed by atoms with Crippen molar-refractivity contribution in [2.75, 3.05) is 6.54 Å². The van der Waals surface area contributed by atoms with E-state index >= 15 is 0 Å². The SMILES string of the molecule is NC(=S)C1CCCN1Cc1cncc(F)c1. The van der Waals surface area contributed by atoms with Crippen LogP contribution in [0.2, 0.25) is 0 Å². The third-order valence-electron chi connectivity index (χ3n) is 2.84. The van der Waals surface area contributed by atoms with Gasteiger partial charge in [0.1, 0.15) is 5.82 Å². The van der Waals surface area contributed by atoms with Gasteiger partial charge in [0.15, 0.2) is 0 Å². The van der Waals surface area contributed by atoms with Crippen LogP contribution in [0.3, 0.4) is 0 Å². The zero-order valence-corrected chi connectivity index (χ0v) is 9.71. The van der Waals surface area contributed by atoms with Crippen molar-refractivity contribution in [3.63, 3.8) is 0 Å².